The number of aromatic amines is 1. The molecule has 0 spiro atoms. The molecule has 2 heterocycles. The Labute approximate surface area is 237 Å². The van der Waals surface area contributed by atoms with Gasteiger partial charge >= 0.3 is 0 Å². The number of H-pyrrole nitrogens is 1. The monoisotopic (exact) mass is 542 g/mol. The highest BCUT2D eigenvalue weighted by Gasteiger charge is 2.17. The quantitative estimate of drug-likeness (QED) is 0.186. The molecule has 0 bridgehead atoms. The fraction of sp³-hybridized carbons (Fsp3) is 0.121. The minimum atomic E-state index is -0.425. The smallest absolute Gasteiger partial charge is 0.251 e. The van der Waals surface area contributed by atoms with Crippen molar-refractivity contribution in [1.29, 1.82) is 0 Å². The highest BCUT2D eigenvalue weighted by molar-refractivity contribution is 5.95. The number of fused-ring (bicyclic) bond motifs is 1. The Morgan fingerprint density at radius 3 is 2.63 bits per heavy atom. The van der Waals surface area contributed by atoms with Crippen molar-refractivity contribution in [1.82, 2.24) is 25.3 Å². The highest BCUT2D eigenvalue weighted by Crippen LogP contribution is 2.23. The average molecular weight is 543 g/mol. The van der Waals surface area contributed by atoms with Gasteiger partial charge in [0.25, 0.3) is 5.91 Å². The van der Waals surface area contributed by atoms with E-state index in [9.17, 15) is 9.90 Å². The molecular formula is C33H30N6O2. The van der Waals surface area contributed by atoms with Gasteiger partial charge in [-0.05, 0) is 53.9 Å². The summed E-state index contributed by atoms with van der Waals surface area (Å²) < 4.78 is 1.66. The van der Waals surface area contributed by atoms with Gasteiger partial charge in [0.15, 0.2) is 0 Å². The number of benzene rings is 4. The zero-order chi connectivity index (χ0) is 28.0. The van der Waals surface area contributed by atoms with Gasteiger partial charge in [0.2, 0.25) is 0 Å². The summed E-state index contributed by atoms with van der Waals surface area (Å²) in [6, 6.07) is 33.1. The summed E-state index contributed by atoms with van der Waals surface area (Å²) in [5.74, 6) is -0.261. The van der Waals surface area contributed by atoms with Crippen LogP contribution in [0.1, 0.15) is 21.5 Å². The van der Waals surface area contributed by atoms with Crippen LogP contribution in [-0.2, 0) is 13.0 Å². The molecule has 4 N–H and O–H groups in total. The molecule has 1 atom stereocenters. The number of para-hydroxylation sites is 1. The number of nitrogens with zero attached hydrogens (tertiary/aromatic N) is 3. The van der Waals surface area contributed by atoms with Crippen LogP contribution >= 0.6 is 0 Å². The number of aromatic nitrogens is 4. The fourth-order valence-corrected chi connectivity index (χ4v) is 4.90. The number of aliphatic hydroxyl groups is 1. The van der Waals surface area contributed by atoms with Gasteiger partial charge in [-0.25, -0.2) is 4.68 Å². The summed E-state index contributed by atoms with van der Waals surface area (Å²) >= 11 is 0. The molecule has 41 heavy (non-hydrogen) atoms. The molecule has 6 aromatic rings. The Balaban J connectivity index is 1.14. The first-order valence-electron chi connectivity index (χ1n) is 13.5. The van der Waals surface area contributed by atoms with E-state index in [1.54, 1.807) is 16.8 Å². The van der Waals surface area contributed by atoms with Crippen molar-refractivity contribution >= 4 is 22.5 Å². The van der Waals surface area contributed by atoms with Crippen LogP contribution in [0.15, 0.2) is 116 Å². The van der Waals surface area contributed by atoms with Gasteiger partial charge in [0, 0.05) is 40.5 Å². The van der Waals surface area contributed by atoms with Crippen LogP contribution in [0.3, 0.4) is 0 Å². The van der Waals surface area contributed by atoms with Gasteiger partial charge in [-0.15, -0.1) is 5.10 Å². The standard InChI is InChI=1S/C33H30N6O2/c40-22-28(17-26-20-35-31-15-5-4-14-30(26)31)36-33(41)25-11-7-13-29(18-25)39-21-32(37-38-39)24-10-6-12-27(16-24)34-19-23-8-2-1-3-9-23/h1-16,18,20-21,28,34-35,40H,17,19,22H2,(H,36,41). The number of aliphatic hydroxyl groups excluding tert-OH is 1. The Bertz CT molecular complexity index is 1780. The lowest BCUT2D eigenvalue weighted by atomic mass is 10.0. The molecule has 4 aromatic carbocycles. The van der Waals surface area contributed by atoms with E-state index >= 15 is 0 Å². The second kappa shape index (κ2) is 11.9. The van der Waals surface area contributed by atoms with Crippen molar-refractivity contribution in [2.24, 2.45) is 0 Å². The van der Waals surface area contributed by atoms with Crippen LogP contribution in [0.25, 0.3) is 27.8 Å². The summed E-state index contributed by atoms with van der Waals surface area (Å²) in [4.78, 5) is 16.4. The van der Waals surface area contributed by atoms with E-state index in [1.807, 2.05) is 91.3 Å². The fourth-order valence-electron chi connectivity index (χ4n) is 4.90. The van der Waals surface area contributed by atoms with Crippen LogP contribution < -0.4 is 10.6 Å². The van der Waals surface area contributed by atoms with E-state index in [1.165, 1.54) is 5.56 Å². The molecule has 0 aliphatic carbocycles. The largest absolute Gasteiger partial charge is 0.394 e. The topological polar surface area (TPSA) is 108 Å². The number of carbonyl (C=O) groups excluding carboxylic acids is 1. The molecular weight excluding hydrogens is 512 g/mol. The summed E-state index contributed by atoms with van der Waals surface area (Å²) in [6.07, 6.45) is 4.29. The maximum absolute atomic E-state index is 13.1. The highest BCUT2D eigenvalue weighted by atomic mass is 16.3. The molecule has 8 nitrogen and oxygen atoms in total. The predicted octanol–water partition coefficient (Wildman–Crippen LogP) is 5.36. The third kappa shape index (κ3) is 6.03. The number of amides is 1. The van der Waals surface area contributed by atoms with Crippen molar-refractivity contribution < 1.29 is 9.90 Å². The zero-order valence-corrected chi connectivity index (χ0v) is 22.4. The molecule has 0 aliphatic heterocycles. The SMILES string of the molecule is O=C(NC(CO)Cc1c[nH]c2ccccc12)c1cccc(-n2cc(-c3cccc(NCc4ccccc4)c3)nn2)c1. The Kier molecular flexibility index (Phi) is 7.55. The van der Waals surface area contributed by atoms with Crippen LogP contribution in [0.4, 0.5) is 5.69 Å². The first-order valence-corrected chi connectivity index (χ1v) is 13.5. The normalized spacial score (nSPS) is 11.8. The molecule has 0 fully saturated rings. The Morgan fingerprint density at radius 1 is 0.927 bits per heavy atom. The summed E-state index contributed by atoms with van der Waals surface area (Å²) in [5, 5.41) is 26.2. The Morgan fingerprint density at radius 2 is 1.76 bits per heavy atom. The number of anilines is 1. The molecule has 0 saturated carbocycles. The molecule has 8 heteroatoms. The van der Waals surface area contributed by atoms with Crippen molar-refractivity contribution in [3.8, 4) is 16.9 Å². The number of rotatable bonds is 10. The maximum Gasteiger partial charge on any atom is 0.251 e. The van der Waals surface area contributed by atoms with Crippen molar-refractivity contribution in [2.45, 2.75) is 19.0 Å². The number of nitrogens with one attached hydrogen (secondary N) is 3. The molecule has 1 amide bonds. The van der Waals surface area contributed by atoms with Crippen molar-refractivity contribution in [2.75, 3.05) is 11.9 Å². The lowest BCUT2D eigenvalue weighted by Gasteiger charge is -2.16. The zero-order valence-electron chi connectivity index (χ0n) is 22.4. The third-order valence-corrected chi connectivity index (χ3v) is 7.06. The lowest BCUT2D eigenvalue weighted by molar-refractivity contribution is 0.0916. The van der Waals surface area contributed by atoms with Gasteiger partial charge in [-0.1, -0.05) is 71.9 Å². The van der Waals surface area contributed by atoms with Gasteiger partial charge in [0.1, 0.15) is 5.69 Å². The first kappa shape index (κ1) is 26.0. The van der Waals surface area contributed by atoms with E-state index in [0.717, 1.165) is 40.0 Å². The van der Waals surface area contributed by atoms with Crippen molar-refractivity contribution in [3.05, 3.63) is 132 Å². The second-order valence-electron chi connectivity index (χ2n) is 9.94. The molecule has 2 aromatic heterocycles. The minimum absolute atomic E-state index is 0.170. The van der Waals surface area contributed by atoms with Crippen LogP contribution in [-0.4, -0.2) is 43.6 Å². The van der Waals surface area contributed by atoms with Gasteiger partial charge < -0.3 is 20.7 Å². The summed E-state index contributed by atoms with van der Waals surface area (Å²) in [5.41, 5.74) is 7.12. The average Bonchev–Trinajstić information content (AvgIpc) is 3.69. The van der Waals surface area contributed by atoms with Crippen molar-refractivity contribution in [3.63, 3.8) is 0 Å². The second-order valence-corrected chi connectivity index (χ2v) is 9.94. The summed E-state index contributed by atoms with van der Waals surface area (Å²) in [7, 11) is 0. The molecule has 0 saturated heterocycles. The van der Waals surface area contributed by atoms with Crippen LogP contribution in [0.5, 0.6) is 0 Å². The lowest BCUT2D eigenvalue weighted by Crippen LogP contribution is -2.39. The van der Waals surface area contributed by atoms with E-state index in [0.29, 0.717) is 17.7 Å². The van der Waals surface area contributed by atoms with Gasteiger partial charge in [0.05, 0.1) is 24.5 Å². The molecule has 1 unspecified atom stereocenters. The third-order valence-electron chi connectivity index (χ3n) is 7.06. The van der Waals surface area contributed by atoms with Crippen LogP contribution in [0.2, 0.25) is 0 Å². The molecule has 6 rings (SSSR count). The minimum Gasteiger partial charge on any atom is -0.394 e. The van der Waals surface area contributed by atoms with E-state index < -0.39 is 6.04 Å². The predicted molar refractivity (Wildman–Crippen MR) is 161 cm³/mol. The number of hydrogen-bond donors (Lipinski definition) is 4. The van der Waals surface area contributed by atoms with Gasteiger partial charge in [-0.2, -0.15) is 0 Å². The van der Waals surface area contributed by atoms with E-state index in [2.05, 4.69) is 38.1 Å². The molecule has 204 valence electrons. The maximum atomic E-state index is 13.1. The first-order chi connectivity index (χ1) is 20.2. The van der Waals surface area contributed by atoms with Crippen LogP contribution in [0, 0.1) is 0 Å². The van der Waals surface area contributed by atoms with E-state index in [4.69, 9.17) is 0 Å². The summed E-state index contributed by atoms with van der Waals surface area (Å²) in [6.45, 7) is 0.557. The Hall–Kier alpha value is -5.21. The molecule has 0 aliphatic rings. The number of hydrogen-bond acceptors (Lipinski definition) is 5. The van der Waals surface area contributed by atoms with Gasteiger partial charge in [-0.3, -0.25) is 4.79 Å². The molecule has 0 radical (unpaired) electrons. The number of carbonyl (C=O) groups is 1. The van der Waals surface area contributed by atoms with E-state index in [-0.39, 0.29) is 12.5 Å².